The van der Waals surface area contributed by atoms with Crippen LogP contribution in [0, 0.1) is 13.8 Å². The number of hydroxylamine groups is 1. The molecule has 0 fully saturated rings. The molecule has 0 bridgehead atoms. The summed E-state index contributed by atoms with van der Waals surface area (Å²) in [7, 11) is -9.42. The zero-order valence-corrected chi connectivity index (χ0v) is 29.0. The van der Waals surface area contributed by atoms with Gasteiger partial charge in [-0.1, -0.05) is 65.0 Å². The number of carbonyl (C=O) groups is 1. The number of benzene rings is 4. The number of fused-ring (bicyclic) bond motifs is 1. The van der Waals surface area contributed by atoms with Gasteiger partial charge in [0.1, 0.15) is 5.82 Å². The normalized spacial score (nSPS) is 12.3. The summed E-state index contributed by atoms with van der Waals surface area (Å²) < 4.78 is 60.1. The lowest BCUT2D eigenvalue weighted by atomic mass is 9.98. The van der Waals surface area contributed by atoms with Gasteiger partial charge in [0, 0.05) is 18.7 Å². The Morgan fingerprint density at radius 2 is 1.46 bits per heavy atom. The Kier molecular flexibility index (Phi) is 9.79. The molecule has 252 valence electrons. The number of aryl methyl sites for hydroxylation is 3. The Hall–Kier alpha value is -4.56. The third kappa shape index (κ3) is 7.44. The molecule has 0 unspecified atom stereocenters. The van der Waals surface area contributed by atoms with Crippen LogP contribution in [0.4, 0.5) is 4.79 Å². The third-order valence-electron chi connectivity index (χ3n) is 7.81. The minimum Gasteiger partial charge on any atom is -0.386 e. The molecule has 0 spiro atoms. The Bertz CT molecular complexity index is 2150. The molecule has 1 aromatic heterocycles. The number of amides is 2. The Morgan fingerprint density at radius 1 is 0.875 bits per heavy atom. The lowest BCUT2D eigenvalue weighted by Crippen LogP contribution is -2.45. The quantitative estimate of drug-likeness (QED) is 0.168. The summed E-state index contributed by atoms with van der Waals surface area (Å²) in [5.41, 5.74) is 4.72. The van der Waals surface area contributed by atoms with Crippen molar-refractivity contribution in [3.63, 3.8) is 0 Å². The zero-order valence-electron chi connectivity index (χ0n) is 27.3. The van der Waals surface area contributed by atoms with Crippen LogP contribution in [-0.4, -0.2) is 48.5 Å². The predicted octanol–water partition coefficient (Wildman–Crippen LogP) is 5.70. The van der Waals surface area contributed by atoms with Crippen molar-refractivity contribution in [1.29, 1.82) is 0 Å². The summed E-state index contributed by atoms with van der Waals surface area (Å²) in [6.07, 6.45) is 0.999. The summed E-state index contributed by atoms with van der Waals surface area (Å²) >= 11 is 0. The highest BCUT2D eigenvalue weighted by Gasteiger charge is 2.36. The molecule has 0 saturated carbocycles. The molecule has 5 rings (SSSR count). The van der Waals surface area contributed by atoms with Crippen LogP contribution in [0.3, 0.4) is 0 Å². The van der Waals surface area contributed by atoms with Crippen LogP contribution in [0.25, 0.3) is 16.7 Å². The maximum absolute atomic E-state index is 13.5. The van der Waals surface area contributed by atoms with E-state index < -0.39 is 31.8 Å². The number of hydrogen-bond donors (Lipinski definition) is 2. The lowest BCUT2D eigenvalue weighted by molar-refractivity contribution is 0.0756. The summed E-state index contributed by atoms with van der Waals surface area (Å²) in [5.74, 6) is 0.855. The van der Waals surface area contributed by atoms with Gasteiger partial charge >= 0.3 is 16.1 Å². The van der Waals surface area contributed by atoms with Crippen molar-refractivity contribution in [2.75, 3.05) is 6.54 Å². The average Bonchev–Trinajstić information content (AvgIpc) is 3.42. The van der Waals surface area contributed by atoms with Crippen molar-refractivity contribution in [3.8, 4) is 5.69 Å². The maximum Gasteiger partial charge on any atom is 0.357 e. The molecular formula is C35H38N4O7S2. The fourth-order valence-electron chi connectivity index (χ4n) is 5.05. The predicted molar refractivity (Wildman–Crippen MR) is 182 cm³/mol. The van der Waals surface area contributed by atoms with E-state index in [1.807, 2.05) is 49.4 Å². The monoisotopic (exact) mass is 690 g/mol. The van der Waals surface area contributed by atoms with Gasteiger partial charge in [0.25, 0.3) is 10.0 Å². The van der Waals surface area contributed by atoms with Crippen molar-refractivity contribution in [1.82, 2.24) is 19.3 Å². The summed E-state index contributed by atoms with van der Waals surface area (Å²) in [5, 5.41) is 12.9. The Morgan fingerprint density at radius 3 is 2.02 bits per heavy atom. The first-order valence-electron chi connectivity index (χ1n) is 15.3. The number of nitrogens with one attached hydrogen (secondary N) is 1. The van der Waals surface area contributed by atoms with E-state index in [2.05, 4.69) is 9.88 Å². The smallest absolute Gasteiger partial charge is 0.357 e. The summed E-state index contributed by atoms with van der Waals surface area (Å²) in [6.45, 7) is 9.00. The molecule has 0 aliphatic heterocycles. The molecule has 2 N–H and O–H groups in total. The van der Waals surface area contributed by atoms with E-state index >= 15 is 0 Å². The number of nitrogens with zero attached hydrogens (tertiary/aromatic N) is 3. The third-order valence-corrected chi connectivity index (χ3v) is 10.6. The molecule has 0 saturated heterocycles. The largest absolute Gasteiger partial charge is 0.386 e. The number of carbonyl (C=O) groups excluding carboxylic acids is 1. The van der Waals surface area contributed by atoms with Crippen molar-refractivity contribution in [2.45, 2.75) is 62.9 Å². The van der Waals surface area contributed by atoms with Gasteiger partial charge in [0.05, 0.1) is 26.4 Å². The van der Waals surface area contributed by atoms with E-state index in [1.54, 1.807) is 27.7 Å². The van der Waals surface area contributed by atoms with Gasteiger partial charge in [-0.15, -0.1) is 4.28 Å². The fourth-order valence-corrected chi connectivity index (χ4v) is 7.37. The first-order chi connectivity index (χ1) is 22.6. The van der Waals surface area contributed by atoms with Crippen molar-refractivity contribution in [3.05, 3.63) is 119 Å². The SMILES string of the molecule is CCc1nc2cc(C(C)(C)O)ccc2n1-c1ccc(CCNC(=O)N(OS(=O)(=O)c2ccc(C)cc2)S(=O)(=O)c2ccc(C)cc2)cc1. The molecule has 4 aromatic carbocycles. The number of aliphatic hydroxyl groups is 1. The van der Waals surface area contributed by atoms with Crippen LogP contribution < -0.4 is 5.32 Å². The minimum absolute atomic E-state index is 0.0139. The van der Waals surface area contributed by atoms with Gasteiger partial charge in [-0.25, -0.2) is 9.78 Å². The standard InChI is InChI=1S/C35H38N4O7S2/c1-6-33-37-31-23-27(35(4,5)41)13-20-32(31)38(33)28-14-11-26(12-15-28)21-22-36-34(40)39(47(42,43)29-16-7-24(2)8-17-29)46-48(44,45)30-18-9-25(3)10-19-30/h7-20,23,41H,6,21-22H2,1-5H3,(H,36,40). The number of sulfonamides is 1. The van der Waals surface area contributed by atoms with Gasteiger partial charge in [0.2, 0.25) is 0 Å². The molecule has 2 amide bonds. The Balaban J connectivity index is 1.34. The van der Waals surface area contributed by atoms with Crippen molar-refractivity contribution in [2.24, 2.45) is 0 Å². The molecule has 0 aliphatic carbocycles. The molecule has 11 nitrogen and oxygen atoms in total. The van der Waals surface area contributed by atoms with Gasteiger partial charge in [-0.3, -0.25) is 4.57 Å². The second-order valence-corrected chi connectivity index (χ2v) is 15.3. The molecule has 1 heterocycles. The van der Waals surface area contributed by atoms with Crippen LogP contribution in [0.5, 0.6) is 0 Å². The van der Waals surface area contributed by atoms with E-state index in [4.69, 9.17) is 9.27 Å². The van der Waals surface area contributed by atoms with E-state index in [0.29, 0.717) is 12.8 Å². The van der Waals surface area contributed by atoms with Gasteiger partial charge < -0.3 is 10.4 Å². The number of hydrogen-bond acceptors (Lipinski definition) is 8. The first-order valence-corrected chi connectivity index (χ1v) is 18.2. The highest BCUT2D eigenvalue weighted by atomic mass is 32.2. The molecule has 0 aliphatic rings. The van der Waals surface area contributed by atoms with Gasteiger partial charge in [-0.05, 0) is 93.8 Å². The van der Waals surface area contributed by atoms with E-state index in [1.165, 1.54) is 48.5 Å². The van der Waals surface area contributed by atoms with E-state index in [0.717, 1.165) is 44.8 Å². The topological polar surface area (TPSA) is 148 Å². The van der Waals surface area contributed by atoms with Crippen LogP contribution >= 0.6 is 0 Å². The number of imidazole rings is 1. The van der Waals surface area contributed by atoms with E-state index in [9.17, 15) is 26.7 Å². The molecule has 0 radical (unpaired) electrons. The number of aromatic nitrogens is 2. The highest BCUT2D eigenvalue weighted by molar-refractivity contribution is 7.91. The molecule has 0 atom stereocenters. The second kappa shape index (κ2) is 13.5. The van der Waals surface area contributed by atoms with E-state index in [-0.39, 0.29) is 20.8 Å². The van der Waals surface area contributed by atoms with Gasteiger partial charge in [0.15, 0.2) is 0 Å². The lowest BCUT2D eigenvalue weighted by Gasteiger charge is -2.21. The molecule has 13 heteroatoms. The number of urea groups is 1. The van der Waals surface area contributed by atoms with Crippen LogP contribution in [0.15, 0.2) is 101 Å². The Labute approximate surface area is 281 Å². The highest BCUT2D eigenvalue weighted by Crippen LogP contribution is 2.28. The molecular weight excluding hydrogens is 653 g/mol. The average molecular weight is 691 g/mol. The zero-order chi connectivity index (χ0) is 34.9. The fraction of sp³-hybridized carbons (Fsp3) is 0.257. The van der Waals surface area contributed by atoms with Crippen molar-refractivity contribution < 1.29 is 31.0 Å². The minimum atomic E-state index is -4.73. The number of rotatable bonds is 11. The van der Waals surface area contributed by atoms with Crippen LogP contribution in [0.2, 0.25) is 0 Å². The maximum atomic E-state index is 13.5. The molecule has 5 aromatic rings. The molecule has 48 heavy (non-hydrogen) atoms. The summed E-state index contributed by atoms with van der Waals surface area (Å²) in [4.78, 5) is 17.5. The van der Waals surface area contributed by atoms with Gasteiger partial charge in [-0.2, -0.15) is 16.8 Å². The van der Waals surface area contributed by atoms with Crippen LogP contribution in [0.1, 0.15) is 48.8 Å². The summed E-state index contributed by atoms with van der Waals surface area (Å²) in [6, 6.07) is 23.3. The van der Waals surface area contributed by atoms with Crippen LogP contribution in [-0.2, 0) is 42.9 Å². The first kappa shape index (κ1) is 34.8. The second-order valence-electron chi connectivity index (χ2n) is 12.0. The van der Waals surface area contributed by atoms with Crippen molar-refractivity contribution >= 4 is 37.2 Å².